The van der Waals surface area contributed by atoms with Crippen LogP contribution >= 0.6 is 0 Å². The minimum atomic E-state index is 0.0753. The van der Waals surface area contributed by atoms with Crippen LogP contribution in [0.25, 0.3) is 0 Å². The fourth-order valence-corrected chi connectivity index (χ4v) is 4.38. The first kappa shape index (κ1) is 19.1. The van der Waals surface area contributed by atoms with Gasteiger partial charge in [0.2, 0.25) is 0 Å². The number of rotatable bonds is 4. The van der Waals surface area contributed by atoms with Crippen molar-refractivity contribution < 1.29 is 4.79 Å². The molecule has 0 spiro atoms. The van der Waals surface area contributed by atoms with E-state index >= 15 is 0 Å². The summed E-state index contributed by atoms with van der Waals surface area (Å²) < 4.78 is 2.19. The predicted octanol–water partition coefficient (Wildman–Crippen LogP) is 2.61. The number of piperidine rings is 1. The lowest BCUT2D eigenvalue weighted by Gasteiger charge is -2.31. The largest absolute Gasteiger partial charge is 0.339 e. The lowest BCUT2D eigenvalue weighted by molar-refractivity contribution is 0.0710. The van der Waals surface area contributed by atoms with Gasteiger partial charge in [0.1, 0.15) is 11.6 Å². The van der Waals surface area contributed by atoms with E-state index in [-0.39, 0.29) is 5.91 Å². The van der Waals surface area contributed by atoms with Crippen LogP contribution in [0.1, 0.15) is 66.4 Å². The maximum absolute atomic E-state index is 12.6. The number of pyridine rings is 1. The van der Waals surface area contributed by atoms with Crippen molar-refractivity contribution in [2.75, 3.05) is 26.2 Å². The Balaban J connectivity index is 1.36. The summed E-state index contributed by atoms with van der Waals surface area (Å²) in [6.45, 7) is 4.73. The topological polar surface area (TPSA) is 67.2 Å². The quantitative estimate of drug-likeness (QED) is 0.813. The molecule has 7 nitrogen and oxygen atoms in total. The number of nitrogens with zero attached hydrogens (tertiary/aromatic N) is 6. The molecular weight excluding hydrogens is 352 g/mol. The van der Waals surface area contributed by atoms with Gasteiger partial charge in [0.05, 0.1) is 12.1 Å². The van der Waals surface area contributed by atoms with Crippen molar-refractivity contribution in [2.45, 2.75) is 51.0 Å². The van der Waals surface area contributed by atoms with Gasteiger partial charge in [-0.25, -0.2) is 0 Å². The first-order chi connectivity index (χ1) is 13.7. The molecule has 28 heavy (non-hydrogen) atoms. The van der Waals surface area contributed by atoms with Crippen LogP contribution < -0.4 is 0 Å². The van der Waals surface area contributed by atoms with Crippen molar-refractivity contribution in [2.24, 2.45) is 7.05 Å². The summed E-state index contributed by atoms with van der Waals surface area (Å²) in [5.74, 6) is 2.57. The summed E-state index contributed by atoms with van der Waals surface area (Å²) in [6, 6.07) is 3.64. The maximum atomic E-state index is 12.6. The van der Waals surface area contributed by atoms with E-state index in [1.807, 2.05) is 17.0 Å². The molecule has 2 fully saturated rings. The molecule has 0 aliphatic carbocycles. The molecule has 0 unspecified atom stereocenters. The molecular formula is C21H30N6O. The Labute approximate surface area is 166 Å². The number of aromatic nitrogens is 4. The van der Waals surface area contributed by atoms with Crippen molar-refractivity contribution >= 4 is 5.91 Å². The van der Waals surface area contributed by atoms with Crippen LogP contribution in [0, 0.1) is 0 Å². The van der Waals surface area contributed by atoms with E-state index < -0.39 is 0 Å². The van der Waals surface area contributed by atoms with Crippen molar-refractivity contribution in [1.29, 1.82) is 0 Å². The van der Waals surface area contributed by atoms with Gasteiger partial charge in [0, 0.05) is 38.4 Å². The molecule has 0 saturated carbocycles. The molecule has 2 aromatic heterocycles. The molecule has 2 aliphatic heterocycles. The standard InChI is InChI=1S/C21H30N6O/c1-25-19(16-26-11-4-2-3-5-12-26)23-24-20(25)17-8-13-27(14-9-17)21(28)18-7-6-10-22-15-18/h6-7,10,15,17H,2-5,8-9,11-14,16H2,1H3. The molecule has 1 amide bonds. The first-order valence-electron chi connectivity index (χ1n) is 10.5. The molecule has 0 radical (unpaired) electrons. The van der Waals surface area contributed by atoms with E-state index in [1.54, 1.807) is 12.4 Å². The molecule has 7 heteroatoms. The zero-order valence-corrected chi connectivity index (χ0v) is 16.8. The molecule has 2 saturated heterocycles. The Morgan fingerprint density at radius 2 is 1.82 bits per heavy atom. The van der Waals surface area contributed by atoms with Crippen LogP contribution in [0.2, 0.25) is 0 Å². The van der Waals surface area contributed by atoms with Crippen LogP contribution in [0.4, 0.5) is 0 Å². The summed E-state index contributed by atoms with van der Waals surface area (Å²) in [4.78, 5) is 21.1. The molecule has 0 aromatic carbocycles. The van der Waals surface area contributed by atoms with Gasteiger partial charge in [-0.1, -0.05) is 12.8 Å². The van der Waals surface area contributed by atoms with Crippen LogP contribution in [0.3, 0.4) is 0 Å². The summed E-state index contributed by atoms with van der Waals surface area (Å²) >= 11 is 0. The molecule has 4 heterocycles. The van der Waals surface area contributed by atoms with E-state index in [0.717, 1.165) is 57.2 Å². The SMILES string of the molecule is Cn1c(CN2CCCCCC2)nnc1C1CCN(C(=O)c2cccnc2)CC1. The van der Waals surface area contributed by atoms with E-state index in [1.165, 1.54) is 25.7 Å². The Hall–Kier alpha value is -2.28. The lowest BCUT2D eigenvalue weighted by Crippen LogP contribution is -2.38. The Bertz CT molecular complexity index is 773. The fourth-order valence-electron chi connectivity index (χ4n) is 4.38. The second kappa shape index (κ2) is 8.82. The predicted molar refractivity (Wildman–Crippen MR) is 107 cm³/mol. The van der Waals surface area contributed by atoms with Crippen molar-refractivity contribution in [1.82, 2.24) is 29.5 Å². The average molecular weight is 383 g/mol. The number of carbonyl (C=O) groups is 1. The highest BCUT2D eigenvalue weighted by molar-refractivity contribution is 5.93. The van der Waals surface area contributed by atoms with Crippen LogP contribution in [0.15, 0.2) is 24.5 Å². The highest BCUT2D eigenvalue weighted by atomic mass is 16.2. The van der Waals surface area contributed by atoms with Gasteiger partial charge in [-0.15, -0.1) is 10.2 Å². The molecule has 0 N–H and O–H groups in total. The van der Waals surface area contributed by atoms with Gasteiger partial charge in [0.15, 0.2) is 0 Å². The van der Waals surface area contributed by atoms with Gasteiger partial charge < -0.3 is 9.47 Å². The summed E-state index contributed by atoms with van der Waals surface area (Å²) in [6.07, 6.45) is 10.5. The van der Waals surface area contributed by atoms with Crippen molar-refractivity contribution in [3.63, 3.8) is 0 Å². The van der Waals surface area contributed by atoms with Gasteiger partial charge >= 0.3 is 0 Å². The fraction of sp³-hybridized carbons (Fsp3) is 0.619. The van der Waals surface area contributed by atoms with Gasteiger partial charge in [-0.2, -0.15) is 0 Å². The number of hydrogen-bond acceptors (Lipinski definition) is 5. The highest BCUT2D eigenvalue weighted by Crippen LogP contribution is 2.28. The second-order valence-corrected chi connectivity index (χ2v) is 8.03. The maximum Gasteiger partial charge on any atom is 0.255 e. The lowest BCUT2D eigenvalue weighted by atomic mass is 9.95. The zero-order valence-electron chi connectivity index (χ0n) is 16.8. The summed E-state index contributed by atoms with van der Waals surface area (Å²) in [5, 5.41) is 9.03. The Kier molecular flexibility index (Phi) is 6.00. The average Bonchev–Trinajstić information content (AvgIpc) is 2.93. The third-order valence-corrected chi connectivity index (χ3v) is 6.12. The third kappa shape index (κ3) is 4.24. The molecule has 2 aliphatic rings. The minimum Gasteiger partial charge on any atom is -0.339 e. The Morgan fingerprint density at radius 1 is 1.07 bits per heavy atom. The molecule has 0 bridgehead atoms. The van der Waals surface area contributed by atoms with Gasteiger partial charge in [-0.3, -0.25) is 14.7 Å². The van der Waals surface area contributed by atoms with Gasteiger partial charge in [-0.05, 0) is 50.9 Å². The van der Waals surface area contributed by atoms with E-state index in [9.17, 15) is 4.79 Å². The first-order valence-corrected chi connectivity index (χ1v) is 10.5. The number of carbonyl (C=O) groups excluding carboxylic acids is 1. The number of hydrogen-bond donors (Lipinski definition) is 0. The molecule has 2 aromatic rings. The third-order valence-electron chi connectivity index (χ3n) is 6.12. The van der Waals surface area contributed by atoms with Gasteiger partial charge in [0.25, 0.3) is 5.91 Å². The van der Waals surface area contributed by atoms with Crippen LogP contribution in [-0.2, 0) is 13.6 Å². The highest BCUT2D eigenvalue weighted by Gasteiger charge is 2.28. The Morgan fingerprint density at radius 3 is 2.50 bits per heavy atom. The monoisotopic (exact) mass is 382 g/mol. The van der Waals surface area contributed by atoms with E-state index in [0.29, 0.717) is 11.5 Å². The van der Waals surface area contributed by atoms with Crippen LogP contribution in [-0.4, -0.2) is 61.6 Å². The smallest absolute Gasteiger partial charge is 0.255 e. The van der Waals surface area contributed by atoms with Crippen LogP contribution in [0.5, 0.6) is 0 Å². The molecule has 4 rings (SSSR count). The summed E-state index contributed by atoms with van der Waals surface area (Å²) in [5.41, 5.74) is 0.666. The normalized spacial score (nSPS) is 19.5. The number of likely N-dealkylation sites (tertiary alicyclic amines) is 2. The van der Waals surface area contributed by atoms with E-state index in [4.69, 9.17) is 0 Å². The number of amides is 1. The van der Waals surface area contributed by atoms with Crippen molar-refractivity contribution in [3.05, 3.63) is 41.7 Å². The zero-order chi connectivity index (χ0) is 19.3. The second-order valence-electron chi connectivity index (χ2n) is 8.03. The molecule has 0 atom stereocenters. The van der Waals surface area contributed by atoms with Crippen molar-refractivity contribution in [3.8, 4) is 0 Å². The van der Waals surface area contributed by atoms with E-state index in [2.05, 4.69) is 31.7 Å². The minimum absolute atomic E-state index is 0.0753. The summed E-state index contributed by atoms with van der Waals surface area (Å²) in [7, 11) is 2.09. The molecule has 150 valence electrons.